The Morgan fingerprint density at radius 1 is 1.08 bits per heavy atom. The van der Waals surface area contributed by atoms with Crippen LogP contribution < -0.4 is 4.74 Å². The van der Waals surface area contributed by atoms with Gasteiger partial charge in [-0.05, 0) is 50.5 Å². The van der Waals surface area contributed by atoms with Crippen LogP contribution in [0.3, 0.4) is 0 Å². The van der Waals surface area contributed by atoms with Gasteiger partial charge in [0, 0.05) is 0 Å². The van der Waals surface area contributed by atoms with Gasteiger partial charge < -0.3 is 14.6 Å². The van der Waals surface area contributed by atoms with Gasteiger partial charge in [0.15, 0.2) is 6.10 Å². The Kier molecular flexibility index (Phi) is 5.62. The van der Waals surface area contributed by atoms with Crippen molar-refractivity contribution in [2.24, 2.45) is 0 Å². The van der Waals surface area contributed by atoms with Gasteiger partial charge in [-0.25, -0.2) is 4.79 Å². The second-order valence-electron chi connectivity index (χ2n) is 6.69. The highest BCUT2D eigenvalue weighted by Gasteiger charge is 2.26. The van der Waals surface area contributed by atoms with Crippen LogP contribution in [0.25, 0.3) is 0 Å². The molecule has 0 aliphatic heterocycles. The van der Waals surface area contributed by atoms with Crippen molar-refractivity contribution in [2.75, 3.05) is 0 Å². The summed E-state index contributed by atoms with van der Waals surface area (Å²) in [5.41, 5.74) is 1.63. The molecule has 0 saturated carbocycles. The van der Waals surface area contributed by atoms with Crippen molar-refractivity contribution in [3.8, 4) is 5.75 Å². The lowest BCUT2D eigenvalue weighted by Crippen LogP contribution is -2.28. The van der Waals surface area contributed by atoms with Gasteiger partial charge >= 0.3 is 5.97 Å². The third-order valence-electron chi connectivity index (χ3n) is 3.46. The number of aryl methyl sites for hydroxylation is 1. The minimum absolute atomic E-state index is 0.265. The van der Waals surface area contributed by atoms with Crippen LogP contribution in [0.15, 0.2) is 48.5 Å². The lowest BCUT2D eigenvalue weighted by molar-refractivity contribution is -0.165. The highest BCUT2D eigenvalue weighted by Crippen LogP contribution is 2.24. The monoisotopic (exact) mass is 328 g/mol. The average molecular weight is 328 g/mol. The van der Waals surface area contributed by atoms with Gasteiger partial charge in [-0.1, -0.05) is 42.5 Å². The summed E-state index contributed by atoms with van der Waals surface area (Å²) in [6.45, 7) is 7.54. The summed E-state index contributed by atoms with van der Waals surface area (Å²) < 4.78 is 11.1. The van der Waals surface area contributed by atoms with E-state index in [9.17, 15) is 9.90 Å². The number of ether oxygens (including phenoxy) is 2. The van der Waals surface area contributed by atoms with Gasteiger partial charge in [0.05, 0.1) is 0 Å². The number of carbonyl (C=O) groups excluding carboxylic acids is 1. The maximum atomic E-state index is 12.1. The summed E-state index contributed by atoms with van der Waals surface area (Å²) in [4.78, 5) is 12.1. The minimum Gasteiger partial charge on any atom is -0.489 e. The molecule has 2 aromatic carbocycles. The van der Waals surface area contributed by atoms with Crippen molar-refractivity contribution in [3.05, 3.63) is 65.2 Å². The zero-order valence-electron chi connectivity index (χ0n) is 14.6. The van der Waals surface area contributed by atoms with Crippen LogP contribution in [0.2, 0.25) is 0 Å². The average Bonchev–Trinajstić information content (AvgIpc) is 2.52. The molecule has 0 aromatic heterocycles. The Morgan fingerprint density at radius 2 is 1.71 bits per heavy atom. The van der Waals surface area contributed by atoms with E-state index in [4.69, 9.17) is 9.47 Å². The van der Waals surface area contributed by atoms with Gasteiger partial charge in [-0.15, -0.1) is 0 Å². The number of benzene rings is 2. The van der Waals surface area contributed by atoms with E-state index < -0.39 is 17.7 Å². The molecule has 1 unspecified atom stereocenters. The predicted octanol–water partition coefficient (Wildman–Crippen LogP) is 3.95. The van der Waals surface area contributed by atoms with Crippen LogP contribution in [-0.2, 0) is 16.1 Å². The van der Waals surface area contributed by atoms with Crippen LogP contribution in [0, 0.1) is 6.92 Å². The number of hydrogen-bond acceptors (Lipinski definition) is 4. The van der Waals surface area contributed by atoms with Crippen molar-refractivity contribution < 1.29 is 19.4 Å². The summed E-state index contributed by atoms with van der Waals surface area (Å²) in [6.07, 6.45) is -1.33. The van der Waals surface area contributed by atoms with Gasteiger partial charge in [0.1, 0.15) is 18.0 Å². The summed E-state index contributed by atoms with van der Waals surface area (Å²) in [7, 11) is 0. The Balaban J connectivity index is 2.15. The zero-order chi connectivity index (χ0) is 17.7. The van der Waals surface area contributed by atoms with Crippen molar-refractivity contribution in [3.63, 3.8) is 0 Å². The molecular formula is C20H24O4. The molecule has 128 valence electrons. The van der Waals surface area contributed by atoms with Crippen molar-refractivity contribution in [1.82, 2.24) is 0 Å². The molecule has 0 radical (unpaired) electrons. The molecule has 2 rings (SSSR count). The summed E-state index contributed by atoms with van der Waals surface area (Å²) in [5, 5.41) is 10.4. The molecule has 0 fully saturated rings. The van der Waals surface area contributed by atoms with E-state index in [1.165, 1.54) is 0 Å². The maximum Gasteiger partial charge on any atom is 0.340 e. The van der Waals surface area contributed by atoms with E-state index >= 15 is 0 Å². The van der Waals surface area contributed by atoms with Crippen LogP contribution in [0.1, 0.15) is 43.6 Å². The molecule has 24 heavy (non-hydrogen) atoms. The lowest BCUT2D eigenvalue weighted by Gasteiger charge is -2.23. The van der Waals surface area contributed by atoms with E-state index in [0.717, 1.165) is 16.9 Å². The van der Waals surface area contributed by atoms with E-state index in [1.54, 1.807) is 32.9 Å². The Bertz CT molecular complexity index is 701. The predicted molar refractivity (Wildman–Crippen MR) is 92.8 cm³/mol. The van der Waals surface area contributed by atoms with E-state index in [-0.39, 0.29) is 6.61 Å². The second kappa shape index (κ2) is 7.49. The molecule has 4 nitrogen and oxygen atoms in total. The highest BCUT2D eigenvalue weighted by molar-refractivity contribution is 5.77. The smallest absolute Gasteiger partial charge is 0.340 e. The first-order valence-corrected chi connectivity index (χ1v) is 7.95. The normalized spacial score (nSPS) is 12.5. The molecule has 0 amide bonds. The molecular weight excluding hydrogens is 304 g/mol. The number of para-hydroxylation sites is 1. The topological polar surface area (TPSA) is 55.8 Å². The molecule has 0 spiro atoms. The molecule has 0 aliphatic carbocycles. The summed E-state index contributed by atoms with van der Waals surface area (Å²) in [6, 6.07) is 14.9. The Hall–Kier alpha value is -2.33. The van der Waals surface area contributed by atoms with E-state index in [2.05, 4.69) is 0 Å². The molecule has 0 bridgehead atoms. The quantitative estimate of drug-likeness (QED) is 0.844. The number of esters is 1. The summed E-state index contributed by atoms with van der Waals surface area (Å²) >= 11 is 0. The minimum atomic E-state index is -1.33. The van der Waals surface area contributed by atoms with Crippen LogP contribution >= 0.6 is 0 Å². The van der Waals surface area contributed by atoms with Crippen LogP contribution in [0.5, 0.6) is 5.75 Å². The first-order valence-electron chi connectivity index (χ1n) is 7.95. The largest absolute Gasteiger partial charge is 0.489 e. The Morgan fingerprint density at radius 3 is 2.38 bits per heavy atom. The number of aliphatic hydroxyl groups excluding tert-OH is 1. The van der Waals surface area contributed by atoms with E-state index in [0.29, 0.717) is 5.56 Å². The standard InChI is InChI=1S/C20H24O4/c1-14-9-5-8-12-17(14)23-13-15-10-6-7-11-16(15)18(21)19(22)24-20(2,3)4/h5-12,18,21H,13H2,1-4H3. The van der Waals surface area contributed by atoms with Crippen LogP contribution in [-0.4, -0.2) is 16.7 Å². The number of carbonyl (C=O) groups is 1. The molecule has 4 heteroatoms. The first-order chi connectivity index (χ1) is 11.3. The van der Waals surface area contributed by atoms with Gasteiger partial charge in [-0.2, -0.15) is 0 Å². The van der Waals surface area contributed by atoms with Gasteiger partial charge in [-0.3, -0.25) is 0 Å². The fraction of sp³-hybridized carbons (Fsp3) is 0.350. The molecule has 2 aromatic rings. The van der Waals surface area contributed by atoms with Crippen molar-refractivity contribution in [1.29, 1.82) is 0 Å². The lowest BCUT2D eigenvalue weighted by atomic mass is 10.0. The summed E-state index contributed by atoms with van der Waals surface area (Å²) in [5.74, 6) is 0.116. The van der Waals surface area contributed by atoms with Gasteiger partial charge in [0.2, 0.25) is 0 Å². The number of aliphatic hydroxyl groups is 1. The third kappa shape index (κ3) is 4.83. The molecule has 0 aliphatic rings. The second-order valence-corrected chi connectivity index (χ2v) is 6.69. The maximum absolute atomic E-state index is 12.1. The molecule has 0 saturated heterocycles. The van der Waals surface area contributed by atoms with E-state index in [1.807, 2.05) is 43.3 Å². The van der Waals surface area contributed by atoms with Crippen LogP contribution in [0.4, 0.5) is 0 Å². The van der Waals surface area contributed by atoms with Crippen molar-refractivity contribution in [2.45, 2.75) is 46.0 Å². The number of rotatable bonds is 5. The molecule has 1 N–H and O–H groups in total. The fourth-order valence-electron chi connectivity index (χ4n) is 2.29. The van der Waals surface area contributed by atoms with Gasteiger partial charge in [0.25, 0.3) is 0 Å². The SMILES string of the molecule is Cc1ccccc1OCc1ccccc1C(O)C(=O)OC(C)(C)C. The molecule has 0 heterocycles. The number of hydrogen-bond donors (Lipinski definition) is 1. The van der Waals surface area contributed by atoms with Crippen molar-refractivity contribution >= 4 is 5.97 Å². The highest BCUT2D eigenvalue weighted by atomic mass is 16.6. The molecule has 1 atom stereocenters. The third-order valence-corrected chi connectivity index (χ3v) is 3.46. The Labute approximate surface area is 143 Å². The fourth-order valence-corrected chi connectivity index (χ4v) is 2.29. The zero-order valence-corrected chi connectivity index (χ0v) is 14.6. The first kappa shape index (κ1) is 18.0.